The number of hydrogen-bond donors (Lipinski definition) is 0. The molecule has 0 unspecified atom stereocenters. The fourth-order valence-corrected chi connectivity index (χ4v) is 2.86. The van der Waals surface area contributed by atoms with E-state index >= 15 is 0 Å². The molecule has 110 valence electrons. The lowest BCUT2D eigenvalue weighted by Crippen LogP contribution is -2.18. The summed E-state index contributed by atoms with van der Waals surface area (Å²) in [5.74, 6) is 0.960. The van der Waals surface area contributed by atoms with Crippen LogP contribution in [0.5, 0.6) is 5.75 Å². The number of likely N-dealkylation sites (tertiary alicyclic amines) is 1. The van der Waals surface area contributed by atoms with E-state index in [1.54, 1.807) is 0 Å². The average Bonchev–Trinajstić information content (AvgIpc) is 3.02. The molecule has 0 bridgehead atoms. The van der Waals surface area contributed by atoms with Crippen molar-refractivity contribution in [3.8, 4) is 5.75 Å². The van der Waals surface area contributed by atoms with Crippen molar-refractivity contribution >= 4 is 0 Å². The minimum absolute atomic E-state index is 0.631. The Morgan fingerprint density at radius 2 is 1.76 bits per heavy atom. The minimum Gasteiger partial charge on any atom is -0.489 e. The Labute approximate surface area is 127 Å². The zero-order valence-corrected chi connectivity index (χ0v) is 12.7. The van der Waals surface area contributed by atoms with Crippen LogP contribution in [-0.4, -0.2) is 18.0 Å². The molecular weight excluding hydrogens is 258 g/mol. The number of benzene rings is 2. The van der Waals surface area contributed by atoms with E-state index in [0.717, 1.165) is 12.3 Å². The normalized spacial score (nSPS) is 15.3. The Kier molecular flexibility index (Phi) is 4.56. The topological polar surface area (TPSA) is 12.5 Å². The molecule has 2 aromatic rings. The van der Waals surface area contributed by atoms with Crippen molar-refractivity contribution in [2.24, 2.45) is 0 Å². The van der Waals surface area contributed by atoms with Gasteiger partial charge >= 0.3 is 0 Å². The molecule has 0 radical (unpaired) electrons. The fraction of sp³-hybridized carbons (Fsp3) is 0.368. The number of nitrogens with zero attached hydrogens (tertiary/aromatic N) is 1. The van der Waals surface area contributed by atoms with Gasteiger partial charge < -0.3 is 4.74 Å². The molecule has 1 fully saturated rings. The highest BCUT2D eigenvalue weighted by Crippen LogP contribution is 2.21. The first-order valence-corrected chi connectivity index (χ1v) is 7.80. The summed E-state index contributed by atoms with van der Waals surface area (Å²) in [5, 5.41) is 0. The van der Waals surface area contributed by atoms with E-state index in [0.29, 0.717) is 6.61 Å². The number of rotatable bonds is 5. The fourth-order valence-electron chi connectivity index (χ4n) is 2.86. The molecule has 0 aliphatic carbocycles. The highest BCUT2D eigenvalue weighted by Gasteiger charge is 2.13. The van der Waals surface area contributed by atoms with Gasteiger partial charge in [0.2, 0.25) is 0 Å². The van der Waals surface area contributed by atoms with Crippen molar-refractivity contribution in [2.45, 2.75) is 32.9 Å². The highest BCUT2D eigenvalue weighted by atomic mass is 16.5. The minimum atomic E-state index is 0.631. The van der Waals surface area contributed by atoms with Crippen LogP contribution in [0.3, 0.4) is 0 Å². The van der Waals surface area contributed by atoms with Gasteiger partial charge in [0.25, 0.3) is 0 Å². The Bertz CT molecular complexity index is 573. The van der Waals surface area contributed by atoms with Crippen molar-refractivity contribution in [3.05, 3.63) is 65.2 Å². The second-order valence-electron chi connectivity index (χ2n) is 5.85. The highest BCUT2D eigenvalue weighted by molar-refractivity contribution is 5.35. The maximum atomic E-state index is 5.88. The van der Waals surface area contributed by atoms with Crippen LogP contribution in [0.2, 0.25) is 0 Å². The van der Waals surface area contributed by atoms with Gasteiger partial charge in [0, 0.05) is 6.54 Å². The Morgan fingerprint density at radius 1 is 1.00 bits per heavy atom. The van der Waals surface area contributed by atoms with Gasteiger partial charge in [0.1, 0.15) is 12.4 Å². The largest absolute Gasteiger partial charge is 0.489 e. The third-order valence-corrected chi connectivity index (χ3v) is 4.16. The molecule has 0 N–H and O–H groups in total. The van der Waals surface area contributed by atoms with Crippen molar-refractivity contribution in [1.29, 1.82) is 0 Å². The summed E-state index contributed by atoms with van der Waals surface area (Å²) >= 11 is 0. The summed E-state index contributed by atoms with van der Waals surface area (Å²) in [7, 11) is 0. The predicted octanol–water partition coefficient (Wildman–Crippen LogP) is 4.17. The molecule has 0 spiro atoms. The molecule has 2 heteroatoms. The van der Waals surface area contributed by atoms with E-state index in [4.69, 9.17) is 4.74 Å². The van der Waals surface area contributed by atoms with E-state index in [9.17, 15) is 0 Å². The summed E-state index contributed by atoms with van der Waals surface area (Å²) in [6, 6.07) is 16.8. The van der Waals surface area contributed by atoms with Gasteiger partial charge in [-0.05, 0) is 61.7 Å². The molecule has 21 heavy (non-hydrogen) atoms. The molecular formula is C19H23NO. The zero-order chi connectivity index (χ0) is 14.5. The zero-order valence-electron chi connectivity index (χ0n) is 12.7. The summed E-state index contributed by atoms with van der Waals surface area (Å²) < 4.78 is 5.88. The predicted molar refractivity (Wildman–Crippen MR) is 86.5 cm³/mol. The van der Waals surface area contributed by atoms with Crippen LogP contribution in [0.4, 0.5) is 0 Å². The molecule has 1 saturated heterocycles. The Balaban J connectivity index is 1.60. The van der Waals surface area contributed by atoms with Crippen molar-refractivity contribution in [1.82, 2.24) is 4.90 Å². The lowest BCUT2D eigenvalue weighted by Gasteiger charge is -2.17. The molecule has 2 aromatic carbocycles. The Morgan fingerprint density at radius 3 is 2.48 bits per heavy atom. The van der Waals surface area contributed by atoms with Crippen LogP contribution < -0.4 is 4.74 Å². The smallest absolute Gasteiger partial charge is 0.120 e. The monoisotopic (exact) mass is 281 g/mol. The molecule has 1 aliphatic heterocycles. The quantitative estimate of drug-likeness (QED) is 0.815. The van der Waals surface area contributed by atoms with Gasteiger partial charge in [-0.15, -0.1) is 0 Å². The standard InChI is InChI=1S/C19H23NO/c1-16-13-19(21-15-17-7-3-2-4-8-17)10-9-18(16)14-20-11-5-6-12-20/h2-4,7-10,13H,5-6,11-12,14-15H2,1H3. The van der Waals surface area contributed by atoms with E-state index in [2.05, 4.69) is 42.2 Å². The van der Waals surface area contributed by atoms with E-state index < -0.39 is 0 Å². The van der Waals surface area contributed by atoms with Gasteiger partial charge in [-0.2, -0.15) is 0 Å². The average molecular weight is 281 g/mol. The van der Waals surface area contributed by atoms with Crippen molar-refractivity contribution in [3.63, 3.8) is 0 Å². The van der Waals surface area contributed by atoms with E-state index in [1.807, 2.05) is 18.2 Å². The molecule has 2 nitrogen and oxygen atoms in total. The van der Waals surface area contributed by atoms with Crippen LogP contribution in [-0.2, 0) is 13.2 Å². The summed E-state index contributed by atoms with van der Waals surface area (Å²) in [5.41, 5.74) is 3.95. The molecule has 0 aromatic heterocycles. The van der Waals surface area contributed by atoms with Gasteiger partial charge in [-0.1, -0.05) is 36.4 Å². The van der Waals surface area contributed by atoms with Gasteiger partial charge in [-0.3, -0.25) is 4.90 Å². The molecule has 0 saturated carbocycles. The second-order valence-corrected chi connectivity index (χ2v) is 5.85. The van der Waals surface area contributed by atoms with Gasteiger partial charge in [0.05, 0.1) is 0 Å². The summed E-state index contributed by atoms with van der Waals surface area (Å²) in [6.45, 7) is 6.37. The van der Waals surface area contributed by atoms with Crippen molar-refractivity contribution in [2.75, 3.05) is 13.1 Å². The third kappa shape index (κ3) is 3.85. The maximum absolute atomic E-state index is 5.88. The molecule has 1 heterocycles. The summed E-state index contributed by atoms with van der Waals surface area (Å²) in [6.07, 6.45) is 2.69. The van der Waals surface area contributed by atoms with Gasteiger partial charge in [-0.25, -0.2) is 0 Å². The number of hydrogen-bond acceptors (Lipinski definition) is 2. The first-order chi connectivity index (χ1) is 10.3. The second kappa shape index (κ2) is 6.77. The first kappa shape index (κ1) is 14.2. The SMILES string of the molecule is Cc1cc(OCc2ccccc2)ccc1CN1CCCC1. The van der Waals surface area contributed by atoms with Crippen molar-refractivity contribution < 1.29 is 4.74 Å². The van der Waals surface area contributed by atoms with Crippen LogP contribution >= 0.6 is 0 Å². The van der Waals surface area contributed by atoms with Crippen LogP contribution in [0.1, 0.15) is 29.5 Å². The number of ether oxygens (including phenoxy) is 1. The van der Waals surface area contributed by atoms with Gasteiger partial charge in [0.15, 0.2) is 0 Å². The Hall–Kier alpha value is -1.80. The van der Waals surface area contributed by atoms with Crippen LogP contribution in [0.15, 0.2) is 48.5 Å². The van der Waals surface area contributed by atoms with Crippen LogP contribution in [0, 0.1) is 6.92 Å². The lowest BCUT2D eigenvalue weighted by atomic mass is 10.1. The lowest BCUT2D eigenvalue weighted by molar-refractivity contribution is 0.305. The maximum Gasteiger partial charge on any atom is 0.120 e. The number of aryl methyl sites for hydroxylation is 1. The third-order valence-electron chi connectivity index (χ3n) is 4.16. The first-order valence-electron chi connectivity index (χ1n) is 7.80. The van der Waals surface area contributed by atoms with E-state index in [1.165, 1.54) is 42.6 Å². The molecule has 1 aliphatic rings. The van der Waals surface area contributed by atoms with E-state index in [-0.39, 0.29) is 0 Å². The molecule has 0 amide bonds. The molecule has 0 atom stereocenters. The molecule has 3 rings (SSSR count). The van der Waals surface area contributed by atoms with Crippen LogP contribution in [0.25, 0.3) is 0 Å². The summed E-state index contributed by atoms with van der Waals surface area (Å²) in [4.78, 5) is 2.53.